The fraction of sp³-hybridized carbons (Fsp3) is 0.562. The number of likely N-dealkylation sites (N-methyl/N-ethyl adjacent to an activating group) is 1. The van der Waals surface area contributed by atoms with Gasteiger partial charge in [-0.3, -0.25) is 4.79 Å². The second kappa shape index (κ2) is 6.75. The summed E-state index contributed by atoms with van der Waals surface area (Å²) in [5.41, 5.74) is 2.13. The molecule has 1 aliphatic heterocycles. The molecule has 2 rings (SSSR count). The van der Waals surface area contributed by atoms with Gasteiger partial charge in [0.1, 0.15) is 0 Å². The maximum absolute atomic E-state index is 11.6. The van der Waals surface area contributed by atoms with Gasteiger partial charge in [-0.15, -0.1) is 0 Å². The lowest BCUT2D eigenvalue weighted by atomic mass is 10.2. The monoisotopic (exact) mass is 276 g/mol. The maximum atomic E-state index is 11.6. The molecule has 1 fully saturated rings. The van der Waals surface area contributed by atoms with Gasteiger partial charge in [-0.25, -0.2) is 0 Å². The average molecular weight is 276 g/mol. The maximum Gasteiger partial charge on any atom is 0.226 e. The Hall–Kier alpha value is -1.55. The molecule has 0 atom stereocenters. The molecule has 0 saturated carbocycles. The largest absolute Gasteiger partial charge is 0.360 e. The Labute approximate surface area is 121 Å². The van der Waals surface area contributed by atoms with Crippen LogP contribution in [-0.4, -0.2) is 38.6 Å². The van der Waals surface area contributed by atoms with Crippen LogP contribution in [-0.2, 0) is 4.79 Å². The fourth-order valence-corrected chi connectivity index (χ4v) is 2.48. The molecule has 0 unspecified atom stereocenters. The van der Waals surface area contributed by atoms with Crippen LogP contribution in [0, 0.1) is 5.92 Å². The van der Waals surface area contributed by atoms with Gasteiger partial charge in [0.15, 0.2) is 0 Å². The molecule has 1 heterocycles. The predicted molar refractivity (Wildman–Crippen MR) is 83.4 cm³/mol. The first-order valence-corrected chi connectivity index (χ1v) is 7.59. The fourth-order valence-electron chi connectivity index (χ4n) is 2.48. The van der Waals surface area contributed by atoms with Crippen molar-refractivity contribution in [3.63, 3.8) is 0 Å². The summed E-state index contributed by atoms with van der Waals surface area (Å²) >= 11 is 0. The van der Waals surface area contributed by atoms with Gasteiger partial charge in [-0.2, -0.15) is 0 Å². The number of hydrogen-bond acceptors (Lipinski definition) is 2. The highest BCUT2D eigenvalue weighted by molar-refractivity contribution is 5.92. The molecule has 2 N–H and O–H groups in total. The number of benzene rings is 1. The van der Waals surface area contributed by atoms with Crippen LogP contribution in [0.25, 0.3) is 0 Å². The van der Waals surface area contributed by atoms with E-state index in [1.54, 1.807) is 4.90 Å². The number of carbonyl (C=O) groups is 1. The smallest absolute Gasteiger partial charge is 0.226 e. The predicted octanol–water partition coefficient (Wildman–Crippen LogP) is 1.01. The summed E-state index contributed by atoms with van der Waals surface area (Å²) in [6, 6.07) is 8.20. The first kappa shape index (κ1) is 14.9. The van der Waals surface area contributed by atoms with E-state index in [0.717, 1.165) is 18.8 Å². The molecule has 1 aliphatic rings. The van der Waals surface area contributed by atoms with E-state index in [2.05, 4.69) is 29.3 Å². The number of rotatable bonds is 4. The van der Waals surface area contributed by atoms with Gasteiger partial charge in [0.2, 0.25) is 5.91 Å². The number of piperazine rings is 1. The van der Waals surface area contributed by atoms with Crippen LogP contribution in [0.2, 0.25) is 0 Å². The Morgan fingerprint density at radius 3 is 2.35 bits per heavy atom. The zero-order valence-electron chi connectivity index (χ0n) is 12.8. The van der Waals surface area contributed by atoms with Crippen LogP contribution >= 0.6 is 0 Å². The number of anilines is 2. The van der Waals surface area contributed by atoms with Crippen LogP contribution in [0.15, 0.2) is 24.3 Å². The van der Waals surface area contributed by atoms with Gasteiger partial charge < -0.3 is 15.1 Å². The van der Waals surface area contributed by atoms with Crippen molar-refractivity contribution >= 4 is 17.3 Å². The lowest BCUT2D eigenvalue weighted by Gasteiger charge is -2.33. The third-order valence-electron chi connectivity index (χ3n) is 3.99. The van der Waals surface area contributed by atoms with Crippen LogP contribution in [0.5, 0.6) is 0 Å². The highest BCUT2D eigenvalue weighted by atomic mass is 16.1. The highest BCUT2D eigenvalue weighted by Crippen LogP contribution is 2.18. The van der Waals surface area contributed by atoms with Gasteiger partial charge in [-0.1, -0.05) is 13.8 Å². The van der Waals surface area contributed by atoms with E-state index in [1.165, 1.54) is 25.3 Å². The van der Waals surface area contributed by atoms with Crippen molar-refractivity contribution in [1.82, 2.24) is 0 Å². The summed E-state index contributed by atoms with van der Waals surface area (Å²) in [6.45, 7) is 11.9. The number of carbonyl (C=O) groups excluding carboxylic acids is 1. The standard InChI is InChI=1S/C16H25N3O/c1-4-18-9-11-19(12-10-18)15-7-5-14(6-8-15)17-16(20)13(2)3/h5-8,13H,4,9-12H2,1-3H3,(H,17,20)/p+1. The zero-order valence-corrected chi connectivity index (χ0v) is 12.8. The van der Waals surface area contributed by atoms with Crippen molar-refractivity contribution in [2.24, 2.45) is 5.92 Å². The van der Waals surface area contributed by atoms with Crippen LogP contribution in [0.1, 0.15) is 20.8 Å². The number of quaternary nitrogens is 1. The summed E-state index contributed by atoms with van der Waals surface area (Å²) in [5.74, 6) is 0.0812. The summed E-state index contributed by atoms with van der Waals surface area (Å²) in [5, 5.41) is 2.93. The minimum Gasteiger partial charge on any atom is -0.360 e. The molecular weight excluding hydrogens is 250 g/mol. The minimum absolute atomic E-state index is 0.0137. The van der Waals surface area contributed by atoms with E-state index in [-0.39, 0.29) is 11.8 Å². The molecule has 1 amide bonds. The topological polar surface area (TPSA) is 36.8 Å². The SMILES string of the molecule is CC[NH+]1CCN(c2ccc(NC(=O)C(C)C)cc2)CC1. The summed E-state index contributed by atoms with van der Waals surface area (Å²) < 4.78 is 0. The van der Waals surface area contributed by atoms with Gasteiger partial charge >= 0.3 is 0 Å². The molecule has 0 radical (unpaired) electrons. The first-order valence-electron chi connectivity index (χ1n) is 7.59. The molecule has 0 bridgehead atoms. The van der Waals surface area contributed by atoms with E-state index in [1.807, 2.05) is 26.0 Å². The molecule has 110 valence electrons. The second-order valence-corrected chi connectivity index (χ2v) is 5.78. The molecule has 1 aromatic rings. The van der Waals surface area contributed by atoms with Crippen molar-refractivity contribution in [2.45, 2.75) is 20.8 Å². The van der Waals surface area contributed by atoms with E-state index in [9.17, 15) is 4.79 Å². The Bertz CT molecular complexity index is 434. The molecule has 1 saturated heterocycles. The molecule has 0 aromatic heterocycles. The van der Waals surface area contributed by atoms with E-state index < -0.39 is 0 Å². The Kier molecular flexibility index (Phi) is 5.01. The van der Waals surface area contributed by atoms with Crippen molar-refractivity contribution in [3.8, 4) is 0 Å². The van der Waals surface area contributed by atoms with Crippen molar-refractivity contribution in [1.29, 1.82) is 0 Å². The molecule has 0 aliphatic carbocycles. The first-order chi connectivity index (χ1) is 9.60. The van der Waals surface area contributed by atoms with Gasteiger partial charge in [0, 0.05) is 17.3 Å². The molecule has 20 heavy (non-hydrogen) atoms. The van der Waals surface area contributed by atoms with Crippen molar-refractivity contribution in [2.75, 3.05) is 42.9 Å². The molecule has 4 nitrogen and oxygen atoms in total. The minimum atomic E-state index is 0.0137. The second-order valence-electron chi connectivity index (χ2n) is 5.78. The van der Waals surface area contributed by atoms with Crippen LogP contribution < -0.4 is 15.1 Å². The average Bonchev–Trinajstić information content (AvgIpc) is 2.48. The molecular formula is C16H26N3O+. The number of nitrogens with zero attached hydrogens (tertiary/aromatic N) is 1. The Balaban J connectivity index is 1.93. The molecule has 4 heteroatoms. The molecule has 1 aromatic carbocycles. The van der Waals surface area contributed by atoms with Crippen LogP contribution in [0.4, 0.5) is 11.4 Å². The lowest BCUT2D eigenvalue weighted by molar-refractivity contribution is -0.898. The van der Waals surface area contributed by atoms with Crippen molar-refractivity contribution < 1.29 is 9.69 Å². The Morgan fingerprint density at radius 2 is 1.85 bits per heavy atom. The van der Waals surface area contributed by atoms with Crippen LogP contribution in [0.3, 0.4) is 0 Å². The quantitative estimate of drug-likeness (QED) is 0.861. The van der Waals surface area contributed by atoms with E-state index in [0.29, 0.717) is 0 Å². The highest BCUT2D eigenvalue weighted by Gasteiger charge is 2.18. The number of hydrogen-bond donors (Lipinski definition) is 2. The van der Waals surface area contributed by atoms with Crippen molar-refractivity contribution in [3.05, 3.63) is 24.3 Å². The summed E-state index contributed by atoms with van der Waals surface area (Å²) in [4.78, 5) is 15.7. The number of amides is 1. The number of nitrogens with one attached hydrogen (secondary N) is 2. The summed E-state index contributed by atoms with van der Waals surface area (Å²) in [7, 11) is 0. The zero-order chi connectivity index (χ0) is 14.5. The lowest BCUT2D eigenvalue weighted by Crippen LogP contribution is -3.14. The van der Waals surface area contributed by atoms with Gasteiger partial charge in [-0.05, 0) is 31.2 Å². The van der Waals surface area contributed by atoms with Gasteiger partial charge in [0.25, 0.3) is 0 Å². The summed E-state index contributed by atoms with van der Waals surface area (Å²) in [6.07, 6.45) is 0. The normalized spacial score (nSPS) is 16.5. The van der Waals surface area contributed by atoms with E-state index >= 15 is 0 Å². The van der Waals surface area contributed by atoms with E-state index in [4.69, 9.17) is 0 Å². The Morgan fingerprint density at radius 1 is 1.25 bits per heavy atom. The third-order valence-corrected chi connectivity index (χ3v) is 3.99. The van der Waals surface area contributed by atoms with Gasteiger partial charge in [0.05, 0.1) is 32.7 Å². The third kappa shape index (κ3) is 3.73. The molecule has 0 spiro atoms.